The quantitative estimate of drug-likeness (QED) is 0.545. The van der Waals surface area contributed by atoms with Gasteiger partial charge in [-0.2, -0.15) is 4.98 Å². The van der Waals surface area contributed by atoms with Gasteiger partial charge in [0.15, 0.2) is 5.65 Å². The smallest absolute Gasteiger partial charge is 0.277 e. The van der Waals surface area contributed by atoms with Gasteiger partial charge in [0.05, 0.1) is 5.52 Å². The van der Waals surface area contributed by atoms with Crippen LogP contribution in [0.1, 0.15) is 77.3 Å². The molecule has 5 rings (SSSR count). The number of hydrogen-bond acceptors (Lipinski definition) is 3. The van der Waals surface area contributed by atoms with E-state index in [2.05, 4.69) is 75.3 Å². The highest BCUT2D eigenvalue weighted by atomic mass is 16.1. The molecule has 1 fully saturated rings. The van der Waals surface area contributed by atoms with E-state index in [1.807, 2.05) is 0 Å². The summed E-state index contributed by atoms with van der Waals surface area (Å²) in [6.45, 7) is 13.5. The molecule has 2 aliphatic rings. The van der Waals surface area contributed by atoms with Crippen LogP contribution in [-0.4, -0.2) is 14.4 Å². The lowest BCUT2D eigenvalue weighted by Gasteiger charge is -2.35. The van der Waals surface area contributed by atoms with Gasteiger partial charge in [0.1, 0.15) is 0 Å². The summed E-state index contributed by atoms with van der Waals surface area (Å²) in [5.74, 6) is 0.312. The lowest BCUT2D eigenvalue weighted by molar-refractivity contribution is 0.226. The molecule has 3 aromatic rings. The van der Waals surface area contributed by atoms with Gasteiger partial charge < -0.3 is 4.40 Å². The largest absolute Gasteiger partial charge is 0.304 e. The van der Waals surface area contributed by atoms with Crippen LogP contribution in [0, 0.1) is 5.41 Å². The third-order valence-electron chi connectivity index (χ3n) is 7.57. The highest BCUT2D eigenvalue weighted by Gasteiger charge is 2.61. The standard InChI is InChI=1S/C23H27N3O/c1-21(2,3)16-8-7-13-15(24-16)10-12-26-18-17(20(27)25-19(13)26)14-9-11-23(18,6)22(14,4)5/h7-8,10,12,14H,9,11H2,1-6H3. The maximum atomic E-state index is 13.1. The third kappa shape index (κ3) is 1.91. The molecule has 2 bridgehead atoms. The Hall–Kier alpha value is -2.23. The van der Waals surface area contributed by atoms with Gasteiger partial charge >= 0.3 is 0 Å². The van der Waals surface area contributed by atoms with E-state index < -0.39 is 0 Å². The summed E-state index contributed by atoms with van der Waals surface area (Å²) in [5, 5.41) is 0.953. The molecule has 2 unspecified atom stereocenters. The summed E-state index contributed by atoms with van der Waals surface area (Å²) in [5.41, 5.74) is 4.86. The monoisotopic (exact) mass is 361 g/mol. The molecule has 140 valence electrons. The lowest BCUT2D eigenvalue weighted by Crippen LogP contribution is -2.33. The van der Waals surface area contributed by atoms with Crippen LogP contribution in [0.3, 0.4) is 0 Å². The van der Waals surface area contributed by atoms with Gasteiger partial charge in [0.2, 0.25) is 0 Å². The first-order chi connectivity index (χ1) is 12.6. The Kier molecular flexibility index (Phi) is 2.99. The number of rotatable bonds is 0. The van der Waals surface area contributed by atoms with Gasteiger partial charge in [-0.3, -0.25) is 9.78 Å². The van der Waals surface area contributed by atoms with Gasteiger partial charge in [-0.25, -0.2) is 0 Å². The second-order valence-corrected chi connectivity index (χ2v) is 10.2. The molecule has 0 aromatic carbocycles. The molecule has 27 heavy (non-hydrogen) atoms. The molecule has 2 atom stereocenters. The van der Waals surface area contributed by atoms with E-state index in [4.69, 9.17) is 4.98 Å². The van der Waals surface area contributed by atoms with Crippen LogP contribution >= 0.6 is 0 Å². The zero-order valence-electron chi connectivity index (χ0n) is 17.1. The minimum Gasteiger partial charge on any atom is -0.304 e. The Morgan fingerprint density at radius 1 is 1.11 bits per heavy atom. The molecule has 2 aliphatic carbocycles. The van der Waals surface area contributed by atoms with E-state index in [0.717, 1.165) is 40.6 Å². The molecule has 0 radical (unpaired) electrons. The first-order valence-electron chi connectivity index (χ1n) is 9.93. The van der Waals surface area contributed by atoms with Crippen LogP contribution in [0.25, 0.3) is 16.6 Å². The van der Waals surface area contributed by atoms with E-state index >= 15 is 0 Å². The van der Waals surface area contributed by atoms with Crippen LogP contribution < -0.4 is 5.56 Å². The minimum atomic E-state index is -0.0427. The topological polar surface area (TPSA) is 47.3 Å². The maximum absolute atomic E-state index is 13.1. The highest BCUT2D eigenvalue weighted by Crippen LogP contribution is 2.66. The summed E-state index contributed by atoms with van der Waals surface area (Å²) in [6, 6.07) is 6.23. The molecule has 4 heteroatoms. The van der Waals surface area contributed by atoms with Gasteiger partial charge in [-0.05, 0) is 42.4 Å². The highest BCUT2D eigenvalue weighted by molar-refractivity contribution is 5.91. The van der Waals surface area contributed by atoms with Crippen molar-refractivity contribution < 1.29 is 0 Å². The van der Waals surface area contributed by atoms with E-state index in [1.165, 1.54) is 5.69 Å². The van der Waals surface area contributed by atoms with Crippen molar-refractivity contribution in [2.24, 2.45) is 5.41 Å². The van der Waals surface area contributed by atoms with E-state index in [0.29, 0.717) is 5.92 Å². The van der Waals surface area contributed by atoms with Crippen LogP contribution in [0.4, 0.5) is 0 Å². The molecule has 0 N–H and O–H groups in total. The van der Waals surface area contributed by atoms with Crippen LogP contribution in [-0.2, 0) is 10.8 Å². The van der Waals surface area contributed by atoms with Crippen molar-refractivity contribution >= 4 is 16.6 Å². The van der Waals surface area contributed by atoms with Crippen molar-refractivity contribution in [2.75, 3.05) is 0 Å². The molecular formula is C23H27N3O. The summed E-state index contributed by atoms with van der Waals surface area (Å²) >= 11 is 0. The fraction of sp³-hybridized carbons (Fsp3) is 0.522. The number of nitrogens with zero attached hydrogens (tertiary/aromatic N) is 3. The Morgan fingerprint density at radius 2 is 1.85 bits per heavy atom. The zero-order valence-corrected chi connectivity index (χ0v) is 17.1. The second kappa shape index (κ2) is 4.78. The number of fused-ring (bicyclic) bond motifs is 9. The molecule has 1 saturated carbocycles. The molecule has 3 heterocycles. The van der Waals surface area contributed by atoms with Crippen molar-refractivity contribution in [2.45, 2.75) is 71.1 Å². The van der Waals surface area contributed by atoms with Gasteiger partial charge in [0, 0.05) is 39.4 Å². The summed E-state index contributed by atoms with van der Waals surface area (Å²) < 4.78 is 2.18. The Balaban J connectivity index is 1.88. The normalized spacial score (nSPS) is 26.1. The maximum Gasteiger partial charge on any atom is 0.277 e. The van der Waals surface area contributed by atoms with Crippen LogP contribution in [0.2, 0.25) is 0 Å². The molecule has 3 aromatic heterocycles. The molecule has 0 saturated heterocycles. The van der Waals surface area contributed by atoms with E-state index in [1.54, 1.807) is 0 Å². The van der Waals surface area contributed by atoms with Crippen molar-refractivity contribution in [3.63, 3.8) is 0 Å². The zero-order chi connectivity index (χ0) is 19.4. The second-order valence-electron chi connectivity index (χ2n) is 10.2. The Labute approximate surface area is 159 Å². The fourth-order valence-electron chi connectivity index (χ4n) is 5.54. The third-order valence-corrected chi connectivity index (χ3v) is 7.57. The SMILES string of the molecule is CC(C)(C)c1ccc2c(ccn3c4c(c(=O)nc23)C2CCC4(C)C2(C)C)n1. The number of hydrogen-bond donors (Lipinski definition) is 0. The predicted molar refractivity (Wildman–Crippen MR) is 109 cm³/mol. The fourth-order valence-corrected chi connectivity index (χ4v) is 5.54. The minimum absolute atomic E-state index is 0.00444. The molecule has 0 spiro atoms. The van der Waals surface area contributed by atoms with Crippen molar-refractivity contribution in [1.82, 2.24) is 14.4 Å². The molecular weight excluding hydrogens is 334 g/mol. The number of aromatic nitrogens is 3. The summed E-state index contributed by atoms with van der Waals surface area (Å²) in [7, 11) is 0. The molecule has 0 aliphatic heterocycles. The van der Waals surface area contributed by atoms with E-state index in [9.17, 15) is 4.79 Å². The van der Waals surface area contributed by atoms with Gasteiger partial charge in [-0.15, -0.1) is 0 Å². The van der Waals surface area contributed by atoms with Crippen molar-refractivity contribution in [1.29, 1.82) is 0 Å². The lowest BCUT2D eigenvalue weighted by atomic mass is 9.70. The van der Waals surface area contributed by atoms with Crippen LogP contribution in [0.15, 0.2) is 29.2 Å². The molecule has 4 nitrogen and oxygen atoms in total. The van der Waals surface area contributed by atoms with Gasteiger partial charge in [-0.1, -0.05) is 41.5 Å². The number of pyridine rings is 2. The first-order valence-corrected chi connectivity index (χ1v) is 9.93. The average Bonchev–Trinajstić information content (AvgIpc) is 2.93. The van der Waals surface area contributed by atoms with Gasteiger partial charge in [0.25, 0.3) is 5.56 Å². The Bertz CT molecular complexity index is 1180. The Morgan fingerprint density at radius 3 is 2.56 bits per heavy atom. The summed E-state index contributed by atoms with van der Waals surface area (Å²) in [6.07, 6.45) is 4.29. The van der Waals surface area contributed by atoms with Crippen molar-refractivity contribution in [3.8, 4) is 0 Å². The first kappa shape index (κ1) is 16.9. The molecule has 0 amide bonds. The summed E-state index contributed by atoms with van der Waals surface area (Å²) in [4.78, 5) is 22.5. The van der Waals surface area contributed by atoms with E-state index in [-0.39, 0.29) is 21.8 Å². The van der Waals surface area contributed by atoms with Crippen molar-refractivity contribution in [3.05, 3.63) is 51.7 Å². The average molecular weight is 361 g/mol. The predicted octanol–water partition coefficient (Wildman–Crippen LogP) is 4.72. The van der Waals surface area contributed by atoms with Crippen LogP contribution in [0.5, 0.6) is 0 Å².